The van der Waals surface area contributed by atoms with E-state index in [1.807, 2.05) is 6.92 Å². The highest BCUT2D eigenvalue weighted by Gasteiger charge is 2.30. The van der Waals surface area contributed by atoms with Crippen molar-refractivity contribution in [2.45, 2.75) is 57.8 Å². The zero-order valence-corrected chi connectivity index (χ0v) is 12.0. The largest absolute Gasteiger partial charge is 0.416 e. The molecule has 1 aliphatic carbocycles. The molecule has 0 aliphatic heterocycles. The molecule has 0 amide bonds. The first-order valence-corrected chi connectivity index (χ1v) is 7.29. The van der Waals surface area contributed by atoms with Crippen molar-refractivity contribution in [3.05, 3.63) is 35.4 Å². The molecule has 0 heterocycles. The number of hydrogen-bond acceptors (Lipinski definition) is 1. The van der Waals surface area contributed by atoms with Crippen molar-refractivity contribution < 1.29 is 13.2 Å². The van der Waals surface area contributed by atoms with Crippen molar-refractivity contribution in [1.29, 1.82) is 0 Å². The molecule has 1 fully saturated rings. The van der Waals surface area contributed by atoms with Crippen molar-refractivity contribution in [3.8, 4) is 0 Å². The van der Waals surface area contributed by atoms with Crippen LogP contribution in [0.1, 0.15) is 56.7 Å². The van der Waals surface area contributed by atoms with Gasteiger partial charge in [0.1, 0.15) is 0 Å². The van der Waals surface area contributed by atoms with Gasteiger partial charge in [-0.3, -0.25) is 0 Å². The molecule has 0 bridgehead atoms. The average molecular weight is 285 g/mol. The number of benzene rings is 1. The van der Waals surface area contributed by atoms with Gasteiger partial charge in [-0.15, -0.1) is 0 Å². The smallest absolute Gasteiger partial charge is 0.308 e. The van der Waals surface area contributed by atoms with Crippen LogP contribution < -0.4 is 5.32 Å². The lowest BCUT2D eigenvalue weighted by atomic mass is 9.81. The third-order valence-electron chi connectivity index (χ3n) is 4.16. The first kappa shape index (κ1) is 15.4. The van der Waals surface area contributed by atoms with E-state index in [1.165, 1.54) is 31.4 Å². The van der Waals surface area contributed by atoms with Crippen LogP contribution in [0.3, 0.4) is 0 Å². The lowest BCUT2D eigenvalue weighted by Gasteiger charge is -2.30. The Morgan fingerprint density at radius 2 is 1.95 bits per heavy atom. The van der Waals surface area contributed by atoms with E-state index in [0.29, 0.717) is 11.6 Å². The molecule has 0 saturated heterocycles. The van der Waals surface area contributed by atoms with Crippen LogP contribution in [0.25, 0.3) is 0 Å². The molecule has 112 valence electrons. The van der Waals surface area contributed by atoms with Crippen LogP contribution in [0.5, 0.6) is 0 Å². The topological polar surface area (TPSA) is 12.0 Å². The highest BCUT2D eigenvalue weighted by atomic mass is 19.4. The van der Waals surface area contributed by atoms with Crippen molar-refractivity contribution in [2.24, 2.45) is 5.92 Å². The Labute approximate surface area is 118 Å². The number of nitrogens with one attached hydrogen (secondary N) is 1. The summed E-state index contributed by atoms with van der Waals surface area (Å²) in [5, 5.41) is 3.41. The van der Waals surface area contributed by atoms with Crippen molar-refractivity contribution >= 4 is 0 Å². The Morgan fingerprint density at radius 1 is 1.25 bits per heavy atom. The molecule has 0 spiro atoms. The molecule has 2 atom stereocenters. The fourth-order valence-electron chi connectivity index (χ4n) is 2.80. The zero-order chi connectivity index (χ0) is 14.8. The molecule has 1 nitrogen and oxygen atoms in total. The van der Waals surface area contributed by atoms with Gasteiger partial charge in [0, 0.05) is 12.1 Å². The third kappa shape index (κ3) is 3.98. The minimum absolute atomic E-state index is 0.0626. The molecule has 20 heavy (non-hydrogen) atoms. The summed E-state index contributed by atoms with van der Waals surface area (Å²) in [6.07, 6.45) is 0.755. The predicted octanol–water partition coefficient (Wildman–Crippen LogP) is 4.93. The number of alkyl halides is 3. The maximum absolute atomic E-state index is 12.7. The second kappa shape index (κ2) is 6.17. The van der Waals surface area contributed by atoms with Crippen LogP contribution in [0, 0.1) is 5.92 Å². The Hall–Kier alpha value is -1.03. The normalized spacial score (nSPS) is 19.4. The molecule has 2 unspecified atom stereocenters. The molecule has 1 aromatic rings. The lowest BCUT2D eigenvalue weighted by Crippen LogP contribution is -2.32. The summed E-state index contributed by atoms with van der Waals surface area (Å²) in [5.41, 5.74) is 0.121. The first-order valence-electron chi connectivity index (χ1n) is 7.29. The Balaban J connectivity index is 1.95. The van der Waals surface area contributed by atoms with E-state index >= 15 is 0 Å². The van der Waals surface area contributed by atoms with E-state index in [4.69, 9.17) is 0 Å². The van der Waals surface area contributed by atoms with E-state index in [9.17, 15) is 13.2 Å². The fraction of sp³-hybridized carbons (Fsp3) is 0.625. The monoisotopic (exact) mass is 285 g/mol. The van der Waals surface area contributed by atoms with Gasteiger partial charge in [-0.25, -0.2) is 0 Å². The van der Waals surface area contributed by atoms with Crippen LogP contribution in [0.2, 0.25) is 0 Å². The highest BCUT2D eigenvalue weighted by Crippen LogP contribution is 2.32. The van der Waals surface area contributed by atoms with Crippen LogP contribution in [0.4, 0.5) is 13.2 Å². The van der Waals surface area contributed by atoms with E-state index in [-0.39, 0.29) is 6.04 Å². The Morgan fingerprint density at radius 3 is 2.50 bits per heavy atom. The fourth-order valence-corrected chi connectivity index (χ4v) is 2.80. The second-order valence-corrected chi connectivity index (χ2v) is 5.95. The number of rotatable bonds is 5. The minimum atomic E-state index is -4.27. The molecule has 1 aromatic carbocycles. The van der Waals surface area contributed by atoms with Gasteiger partial charge in [-0.2, -0.15) is 13.2 Å². The summed E-state index contributed by atoms with van der Waals surface area (Å²) in [6, 6.07) is 5.87. The number of halogens is 3. The molecule has 4 heteroatoms. The maximum atomic E-state index is 12.7. The van der Waals surface area contributed by atoms with Crippen LogP contribution in [0.15, 0.2) is 24.3 Å². The first-order chi connectivity index (χ1) is 9.36. The Bertz CT molecular complexity index is 438. The maximum Gasteiger partial charge on any atom is 0.416 e. The van der Waals surface area contributed by atoms with Crippen LogP contribution in [-0.4, -0.2) is 6.04 Å². The van der Waals surface area contributed by atoms with Gasteiger partial charge in [0.2, 0.25) is 0 Å². The van der Waals surface area contributed by atoms with Gasteiger partial charge < -0.3 is 5.32 Å². The summed E-state index contributed by atoms with van der Waals surface area (Å²) < 4.78 is 38.1. The van der Waals surface area contributed by atoms with Gasteiger partial charge in [-0.05, 0) is 43.9 Å². The third-order valence-corrected chi connectivity index (χ3v) is 4.16. The van der Waals surface area contributed by atoms with E-state index < -0.39 is 11.7 Å². The number of hydrogen-bond donors (Lipinski definition) is 1. The highest BCUT2D eigenvalue weighted by molar-refractivity contribution is 5.27. The standard InChI is InChI=1S/C16H22F3N/c1-11(9-13-5-3-6-13)20-12(2)14-7-4-8-15(10-14)16(17,18)19/h4,7-8,10-13,20H,3,5-6,9H2,1-2H3. The van der Waals surface area contributed by atoms with Crippen LogP contribution >= 0.6 is 0 Å². The average Bonchev–Trinajstić information content (AvgIpc) is 2.33. The van der Waals surface area contributed by atoms with Crippen molar-refractivity contribution in [2.75, 3.05) is 0 Å². The summed E-state index contributed by atoms with van der Waals surface area (Å²) in [5.74, 6) is 0.797. The molecule has 1 saturated carbocycles. The van der Waals surface area contributed by atoms with E-state index in [1.54, 1.807) is 6.07 Å². The molecule has 1 aliphatic rings. The zero-order valence-electron chi connectivity index (χ0n) is 12.0. The van der Waals surface area contributed by atoms with E-state index in [2.05, 4.69) is 12.2 Å². The predicted molar refractivity (Wildman–Crippen MR) is 74.4 cm³/mol. The summed E-state index contributed by atoms with van der Waals surface area (Å²) in [4.78, 5) is 0. The molecule has 1 N–H and O–H groups in total. The molecule has 0 aromatic heterocycles. The minimum Gasteiger partial charge on any atom is -0.308 e. The van der Waals surface area contributed by atoms with Crippen molar-refractivity contribution in [3.63, 3.8) is 0 Å². The molecular formula is C16H22F3N. The summed E-state index contributed by atoms with van der Waals surface area (Å²) >= 11 is 0. The Kier molecular flexibility index (Phi) is 4.74. The summed E-state index contributed by atoms with van der Waals surface area (Å²) in [7, 11) is 0. The second-order valence-electron chi connectivity index (χ2n) is 5.95. The van der Waals surface area contributed by atoms with Gasteiger partial charge in [0.05, 0.1) is 5.56 Å². The van der Waals surface area contributed by atoms with Gasteiger partial charge in [0.15, 0.2) is 0 Å². The lowest BCUT2D eigenvalue weighted by molar-refractivity contribution is -0.137. The SMILES string of the molecule is CC(CC1CCC1)NC(C)c1cccc(C(F)(F)F)c1. The van der Waals surface area contributed by atoms with Crippen molar-refractivity contribution in [1.82, 2.24) is 5.32 Å². The van der Waals surface area contributed by atoms with Crippen LogP contribution in [-0.2, 0) is 6.18 Å². The van der Waals surface area contributed by atoms with Gasteiger partial charge in [-0.1, -0.05) is 31.4 Å². The molecule has 0 radical (unpaired) electrons. The van der Waals surface area contributed by atoms with Gasteiger partial charge in [0.25, 0.3) is 0 Å². The van der Waals surface area contributed by atoms with E-state index in [0.717, 1.165) is 18.4 Å². The van der Waals surface area contributed by atoms with Gasteiger partial charge >= 0.3 is 6.18 Å². The summed E-state index contributed by atoms with van der Waals surface area (Å²) in [6.45, 7) is 4.04. The quantitative estimate of drug-likeness (QED) is 0.808. The molecule has 2 rings (SSSR count). The molecular weight excluding hydrogens is 263 g/mol.